The van der Waals surface area contributed by atoms with Gasteiger partial charge in [-0.25, -0.2) is 19.8 Å². The van der Waals surface area contributed by atoms with Gasteiger partial charge in [0.25, 0.3) is 11.9 Å². The maximum Gasteiger partial charge on any atom is 0.416 e. The molecule has 0 aliphatic heterocycles. The number of hydrazone groups is 1. The number of nitro groups is 1. The number of hydrogen-bond acceptors (Lipinski definition) is 12. The minimum atomic E-state index is -4.63. The van der Waals surface area contributed by atoms with Gasteiger partial charge in [-0.05, 0) is 35.8 Å². The molecule has 0 spiro atoms. The van der Waals surface area contributed by atoms with Gasteiger partial charge in [0.1, 0.15) is 43.5 Å². The highest BCUT2D eigenvalue weighted by Gasteiger charge is 2.33. The number of aromatic nitrogens is 4. The molecular weight excluding hydrogens is 923 g/mol. The molecule has 300 valence electrons. The molecule has 0 radical (unpaired) electrons. The maximum absolute atomic E-state index is 12.8. The molecule has 16 nitrogen and oxygen atoms in total. The maximum atomic E-state index is 12.8. The number of nitrogens with zero attached hydrogens (tertiary/aromatic N) is 8. The molecule has 1 atom stereocenters. The predicted octanol–water partition coefficient (Wildman–Crippen LogP) is 8.01. The van der Waals surface area contributed by atoms with Crippen LogP contribution < -0.4 is 21.7 Å². The van der Waals surface area contributed by atoms with Crippen LogP contribution >= 0.6 is 80.9 Å². The van der Waals surface area contributed by atoms with Gasteiger partial charge in [-0.3, -0.25) is 9.00 Å². The lowest BCUT2D eigenvalue weighted by Crippen LogP contribution is -2.34. The highest BCUT2D eigenvalue weighted by atomic mass is 35.5. The second kappa shape index (κ2) is 21.1. The van der Waals surface area contributed by atoms with Crippen LogP contribution in [-0.4, -0.2) is 53.0 Å². The number of guanidine groups is 1. The summed E-state index contributed by atoms with van der Waals surface area (Å²) < 4.78 is 55.5. The second-order valence-corrected chi connectivity index (χ2v) is 15.8. The van der Waals surface area contributed by atoms with Crippen LogP contribution in [0.1, 0.15) is 38.3 Å². The molecule has 2 aromatic carbocycles. The van der Waals surface area contributed by atoms with Crippen LogP contribution in [0.3, 0.4) is 0 Å². The first kappa shape index (κ1) is 46.6. The van der Waals surface area contributed by atoms with Crippen molar-refractivity contribution in [3.63, 3.8) is 0 Å². The quantitative estimate of drug-likeness (QED) is 0.0500. The summed E-state index contributed by atoms with van der Waals surface area (Å²) >= 11 is 31.1. The number of nitrogen functional groups attached to an aromatic ring is 1. The van der Waals surface area contributed by atoms with Gasteiger partial charge < -0.3 is 21.7 Å². The highest BCUT2D eigenvalue weighted by molar-refractivity contribution is 7.85. The molecule has 57 heavy (non-hydrogen) atoms. The van der Waals surface area contributed by atoms with Crippen LogP contribution in [0.15, 0.2) is 52.6 Å². The van der Waals surface area contributed by atoms with Gasteiger partial charge in [0.05, 0.1) is 44.2 Å². The number of thiazole rings is 1. The first-order valence-electron chi connectivity index (χ1n) is 15.0. The summed E-state index contributed by atoms with van der Waals surface area (Å²) in [6.45, 7) is 2.00. The Bertz CT molecular complexity index is 2390. The van der Waals surface area contributed by atoms with Gasteiger partial charge in [0, 0.05) is 23.9 Å². The van der Waals surface area contributed by atoms with Crippen molar-refractivity contribution >= 4 is 115 Å². The van der Waals surface area contributed by atoms with Gasteiger partial charge in [-0.1, -0.05) is 77.1 Å². The number of halogens is 8. The third-order valence-electron chi connectivity index (χ3n) is 6.50. The molecule has 3 aromatic heterocycles. The zero-order valence-corrected chi connectivity index (χ0v) is 34.7. The van der Waals surface area contributed by atoms with E-state index in [0.29, 0.717) is 34.4 Å². The topological polar surface area (TPSA) is 243 Å². The van der Waals surface area contributed by atoms with Crippen LogP contribution in [0.4, 0.5) is 24.7 Å². The third-order valence-corrected chi connectivity index (χ3v) is 11.4. The largest absolute Gasteiger partial charge is 0.416 e. The summed E-state index contributed by atoms with van der Waals surface area (Å²) in [6, 6.07) is 11.8. The van der Waals surface area contributed by atoms with Crippen molar-refractivity contribution in [2.75, 3.05) is 23.9 Å². The average molecular weight is 945 g/mol. The Balaban J connectivity index is 0.000000236. The Kier molecular flexibility index (Phi) is 17.3. The lowest BCUT2D eigenvalue weighted by molar-refractivity contribution is -0.485. The van der Waals surface area contributed by atoms with E-state index >= 15 is 0 Å². The standard InChI is InChI=1S/C13H9Cl2F3N4OS.C11H5Cl2N3OS.C6H8ClN5O2S/c1-2-24(23)11-9(5-19)21-22(12(11)20)10-7(14)3-6(4-8(10)15)13(16,17)18;12-8-9(18-16-10(8)13)11(17)15-7-4-2-1-3-6(7)5-14;1-8-6(11-12(13)14)10-3-4-2-9-5(7)15-4/h3-4H,2,20H2,1H3;1-4H,(H,15,17);2H,3H2,1H3,(H2,8,10,11). The van der Waals surface area contributed by atoms with Crippen molar-refractivity contribution in [2.45, 2.75) is 24.5 Å². The summed E-state index contributed by atoms with van der Waals surface area (Å²) in [5.41, 5.74) is 5.29. The fourth-order valence-electron chi connectivity index (χ4n) is 4.02. The van der Waals surface area contributed by atoms with E-state index in [1.807, 2.05) is 6.07 Å². The number of hydrogen-bond donors (Lipinski definition) is 4. The Morgan fingerprint density at radius 3 is 2.28 bits per heavy atom. The Morgan fingerprint density at radius 1 is 1.14 bits per heavy atom. The molecule has 1 unspecified atom stereocenters. The molecule has 5 aromatic rings. The number of amides is 1. The van der Waals surface area contributed by atoms with Gasteiger partial charge >= 0.3 is 6.18 Å². The number of carbonyl (C=O) groups excluding carboxylic acids is 1. The molecule has 5 rings (SSSR count). The van der Waals surface area contributed by atoms with E-state index in [9.17, 15) is 32.3 Å². The van der Waals surface area contributed by atoms with Crippen LogP contribution in [0.2, 0.25) is 24.7 Å². The van der Waals surface area contributed by atoms with E-state index in [4.69, 9.17) is 74.3 Å². The number of rotatable bonds is 8. The Hall–Kier alpha value is -4.78. The molecule has 27 heteroatoms. The minimum absolute atomic E-state index is 0.00738. The zero-order chi connectivity index (χ0) is 42.6. The monoisotopic (exact) mass is 942 g/mol. The summed E-state index contributed by atoms with van der Waals surface area (Å²) in [4.78, 5) is 26.9. The number of para-hydroxylation sites is 1. The van der Waals surface area contributed by atoms with Gasteiger partial charge in [-0.2, -0.15) is 33.2 Å². The van der Waals surface area contributed by atoms with Crippen molar-refractivity contribution in [1.29, 1.82) is 10.5 Å². The van der Waals surface area contributed by atoms with Gasteiger partial charge in [0.2, 0.25) is 0 Å². The molecule has 0 aliphatic carbocycles. The number of nitrogens with two attached hydrogens (primary N) is 1. The molecule has 0 saturated carbocycles. The number of nitrogens with one attached hydrogen (secondary N) is 3. The number of nitriles is 2. The lowest BCUT2D eigenvalue weighted by atomic mass is 10.2. The molecule has 1 amide bonds. The van der Waals surface area contributed by atoms with Crippen LogP contribution in [0.5, 0.6) is 0 Å². The summed E-state index contributed by atoms with van der Waals surface area (Å²) in [7, 11) is -0.0583. The van der Waals surface area contributed by atoms with Crippen LogP contribution in [0, 0.1) is 32.8 Å². The predicted molar refractivity (Wildman–Crippen MR) is 213 cm³/mol. The van der Waals surface area contributed by atoms with Crippen molar-refractivity contribution in [1.82, 2.24) is 29.8 Å². The van der Waals surface area contributed by atoms with E-state index in [-0.39, 0.29) is 58.9 Å². The zero-order valence-electron chi connectivity index (χ0n) is 28.5. The van der Waals surface area contributed by atoms with Crippen molar-refractivity contribution in [2.24, 2.45) is 5.10 Å². The van der Waals surface area contributed by atoms with E-state index in [1.165, 1.54) is 18.4 Å². The third kappa shape index (κ3) is 12.6. The Morgan fingerprint density at radius 2 is 1.79 bits per heavy atom. The summed E-state index contributed by atoms with van der Waals surface area (Å²) in [6.07, 6.45) is -3.03. The molecular formula is C30H22Cl5F3N12O4S3. The molecule has 0 bridgehead atoms. The van der Waals surface area contributed by atoms with Crippen LogP contribution in [-0.2, 0) is 23.5 Å². The molecule has 0 saturated heterocycles. The number of carbonyl (C=O) groups is 1. The molecule has 3 heterocycles. The SMILES string of the molecule is CCS(=O)c1c(C#N)nn(-c2c(Cl)cc(C(F)(F)F)cc2Cl)c1N.CN/C(=N\[N+](=O)[O-])NCc1cnc(Cl)s1.N#Cc1ccccc1NC(=O)c1snc(Cl)c1Cl. The van der Waals surface area contributed by atoms with E-state index in [2.05, 4.69) is 35.5 Å². The smallest absolute Gasteiger partial charge is 0.383 e. The van der Waals surface area contributed by atoms with Gasteiger partial charge in [-0.15, -0.1) is 11.3 Å². The first-order valence-corrected chi connectivity index (χ1v) is 19.8. The van der Waals surface area contributed by atoms with Crippen molar-refractivity contribution < 1.29 is 27.2 Å². The average Bonchev–Trinajstić information content (AvgIpc) is 3.84. The fourth-order valence-corrected chi connectivity index (χ4v) is 7.61. The molecule has 0 fully saturated rings. The van der Waals surface area contributed by atoms with E-state index in [0.717, 1.165) is 21.1 Å². The summed E-state index contributed by atoms with van der Waals surface area (Å²) in [5.74, 6) is -0.342. The lowest BCUT2D eigenvalue weighted by Gasteiger charge is -2.13. The van der Waals surface area contributed by atoms with Crippen molar-refractivity contribution in [3.8, 4) is 17.8 Å². The molecule has 5 N–H and O–H groups in total. The van der Waals surface area contributed by atoms with E-state index < -0.39 is 33.5 Å². The fraction of sp³-hybridized carbons (Fsp3) is 0.167. The van der Waals surface area contributed by atoms with Crippen molar-refractivity contribution in [3.05, 3.63) is 104 Å². The normalized spacial score (nSPS) is 11.5. The minimum Gasteiger partial charge on any atom is -0.383 e. The summed E-state index contributed by atoms with van der Waals surface area (Å²) in [5, 5.41) is 41.7. The first-order chi connectivity index (χ1) is 26.9. The van der Waals surface area contributed by atoms with Gasteiger partial charge in [0.15, 0.2) is 20.3 Å². The highest BCUT2D eigenvalue weighted by Crippen LogP contribution is 2.39. The Labute approximate surface area is 355 Å². The van der Waals surface area contributed by atoms with Crippen LogP contribution in [0.25, 0.3) is 5.69 Å². The number of anilines is 2. The number of alkyl halides is 3. The molecule has 0 aliphatic rings. The number of benzene rings is 2. The second-order valence-electron chi connectivity index (χ2n) is 10.1. The van der Waals surface area contributed by atoms with E-state index in [1.54, 1.807) is 43.5 Å².